The zero-order valence-electron chi connectivity index (χ0n) is 22.1. The quantitative estimate of drug-likeness (QED) is 0.428. The number of benzene rings is 1. The largest absolute Gasteiger partial charge is 0.457 e. The van der Waals surface area contributed by atoms with Crippen LogP contribution in [0.15, 0.2) is 65.8 Å². The molecule has 1 heterocycles. The fourth-order valence-corrected chi connectivity index (χ4v) is 6.54. The second-order valence-electron chi connectivity index (χ2n) is 11.0. The van der Waals surface area contributed by atoms with Crippen LogP contribution in [0, 0.1) is 23.2 Å². The van der Waals surface area contributed by atoms with E-state index in [1.54, 1.807) is 19.1 Å². The Morgan fingerprint density at radius 3 is 2.46 bits per heavy atom. The Bertz CT molecular complexity index is 1170. The monoisotopic (exact) mass is 507 g/mol. The van der Waals surface area contributed by atoms with E-state index in [1.165, 1.54) is 26.0 Å². The first-order chi connectivity index (χ1) is 17.4. The average Bonchev–Trinajstić information content (AvgIpc) is 3.13. The zero-order chi connectivity index (χ0) is 27.1. The maximum Gasteiger partial charge on any atom is 0.303 e. The van der Waals surface area contributed by atoms with Crippen LogP contribution in [0.4, 0.5) is 0 Å². The summed E-state index contributed by atoms with van der Waals surface area (Å²) in [7, 11) is 0. The van der Waals surface area contributed by atoms with Gasteiger partial charge in [-0.2, -0.15) is 0 Å². The summed E-state index contributed by atoms with van der Waals surface area (Å²) in [4.78, 5) is 39.5. The van der Waals surface area contributed by atoms with Crippen molar-refractivity contribution < 1.29 is 29.3 Å². The van der Waals surface area contributed by atoms with Crippen molar-refractivity contribution in [2.75, 3.05) is 0 Å². The van der Waals surface area contributed by atoms with E-state index in [4.69, 9.17) is 4.74 Å². The Morgan fingerprint density at radius 2 is 1.81 bits per heavy atom. The van der Waals surface area contributed by atoms with Crippen molar-refractivity contribution >= 4 is 17.7 Å². The second-order valence-corrected chi connectivity index (χ2v) is 11.0. The van der Waals surface area contributed by atoms with Crippen molar-refractivity contribution in [3.63, 3.8) is 0 Å². The van der Waals surface area contributed by atoms with E-state index in [2.05, 4.69) is 5.32 Å². The smallest absolute Gasteiger partial charge is 0.303 e. The highest BCUT2D eigenvalue weighted by atomic mass is 16.5. The van der Waals surface area contributed by atoms with Crippen LogP contribution < -0.4 is 5.32 Å². The lowest BCUT2D eigenvalue weighted by atomic mass is 9.54. The number of allylic oxidation sites excluding steroid dienone is 1. The van der Waals surface area contributed by atoms with Crippen molar-refractivity contribution in [2.24, 2.45) is 23.2 Å². The highest BCUT2D eigenvalue weighted by Crippen LogP contribution is 2.57. The number of rotatable bonds is 3. The van der Waals surface area contributed by atoms with Gasteiger partial charge in [-0.05, 0) is 56.9 Å². The number of aliphatic hydroxyl groups is 2. The van der Waals surface area contributed by atoms with Gasteiger partial charge in [0.15, 0.2) is 5.78 Å². The summed E-state index contributed by atoms with van der Waals surface area (Å²) >= 11 is 0. The maximum atomic E-state index is 14.2. The number of amides is 1. The predicted octanol–water partition coefficient (Wildman–Crippen LogP) is 3.06. The van der Waals surface area contributed by atoms with Gasteiger partial charge in [0.2, 0.25) is 5.91 Å². The molecule has 7 nitrogen and oxygen atoms in total. The number of hydrogen-bond donors (Lipinski definition) is 3. The molecule has 4 rings (SSSR count). The third-order valence-electron chi connectivity index (χ3n) is 8.49. The first kappa shape index (κ1) is 27.0. The molecule has 1 fully saturated rings. The molecule has 1 amide bonds. The topological polar surface area (TPSA) is 113 Å². The Labute approximate surface area is 218 Å². The van der Waals surface area contributed by atoms with Gasteiger partial charge in [-0.15, -0.1) is 0 Å². The first-order valence-electron chi connectivity index (χ1n) is 12.9. The highest BCUT2D eigenvalue weighted by Gasteiger charge is 2.67. The van der Waals surface area contributed by atoms with Gasteiger partial charge in [0.25, 0.3) is 0 Å². The normalized spacial score (nSPS) is 39.6. The maximum absolute atomic E-state index is 14.2. The van der Waals surface area contributed by atoms with Crippen LogP contribution >= 0.6 is 0 Å². The number of esters is 1. The van der Waals surface area contributed by atoms with Gasteiger partial charge in [0, 0.05) is 30.7 Å². The predicted molar refractivity (Wildman–Crippen MR) is 139 cm³/mol. The van der Waals surface area contributed by atoms with E-state index in [0.29, 0.717) is 12.8 Å². The van der Waals surface area contributed by atoms with Crippen LogP contribution in [0.25, 0.3) is 0 Å². The number of Topliss-reactive ketones (excluding diaryl/α,β-unsaturated/α-hetero) is 1. The molecular formula is C30H37NO6. The van der Waals surface area contributed by atoms with Crippen LogP contribution in [0.3, 0.4) is 0 Å². The summed E-state index contributed by atoms with van der Waals surface area (Å²) < 4.78 is 5.82. The molecule has 0 saturated carbocycles. The molecule has 8 unspecified atom stereocenters. The third-order valence-corrected chi connectivity index (χ3v) is 8.49. The Morgan fingerprint density at radius 1 is 1.14 bits per heavy atom. The van der Waals surface area contributed by atoms with Crippen molar-refractivity contribution in [1.29, 1.82) is 0 Å². The number of aliphatic hydroxyl groups excluding tert-OH is 1. The highest BCUT2D eigenvalue weighted by molar-refractivity contribution is 5.91. The van der Waals surface area contributed by atoms with Gasteiger partial charge >= 0.3 is 5.97 Å². The van der Waals surface area contributed by atoms with E-state index in [0.717, 1.165) is 16.7 Å². The number of ether oxygens (including phenoxy) is 1. The summed E-state index contributed by atoms with van der Waals surface area (Å²) in [6.07, 6.45) is 5.17. The average molecular weight is 508 g/mol. The lowest BCUT2D eigenvalue weighted by Crippen LogP contribution is -2.58. The van der Waals surface area contributed by atoms with E-state index in [-0.39, 0.29) is 17.7 Å². The molecule has 1 saturated heterocycles. The van der Waals surface area contributed by atoms with Gasteiger partial charge < -0.3 is 20.3 Å². The van der Waals surface area contributed by atoms with Crippen LogP contribution in [-0.2, 0) is 25.5 Å². The molecular weight excluding hydrogens is 470 g/mol. The molecule has 1 aromatic carbocycles. The molecule has 1 spiro atoms. The van der Waals surface area contributed by atoms with Crippen LogP contribution in [-0.4, -0.2) is 51.7 Å². The molecule has 7 heteroatoms. The number of carbonyl (C=O) groups excluding carboxylic acids is 3. The summed E-state index contributed by atoms with van der Waals surface area (Å²) in [6.45, 7) is 8.20. The van der Waals surface area contributed by atoms with Crippen molar-refractivity contribution in [1.82, 2.24) is 5.32 Å². The van der Waals surface area contributed by atoms with E-state index in [1.807, 2.05) is 44.2 Å². The van der Waals surface area contributed by atoms with Crippen LogP contribution in [0.5, 0.6) is 0 Å². The first-order valence-corrected chi connectivity index (χ1v) is 12.9. The molecule has 3 N–H and O–H groups in total. The summed E-state index contributed by atoms with van der Waals surface area (Å²) in [5, 5.41) is 25.7. The fraction of sp³-hybridized carbons (Fsp3) is 0.500. The molecule has 8 atom stereocenters. The van der Waals surface area contributed by atoms with E-state index < -0.39 is 46.9 Å². The number of ketones is 1. The van der Waals surface area contributed by atoms with Crippen LogP contribution in [0.2, 0.25) is 0 Å². The molecule has 0 bridgehead atoms. The SMILES string of the molecule is CC(=O)OC1/C=C\C(C)(O)C(=O)C(C)C/C=C\C2C(O)C(C)=C(C)C3C(Cc4ccccc4)NC(=O)C123. The molecule has 0 aromatic heterocycles. The number of hydrogen-bond acceptors (Lipinski definition) is 6. The summed E-state index contributed by atoms with van der Waals surface area (Å²) in [6, 6.07) is 9.52. The molecule has 1 aliphatic heterocycles. The molecule has 37 heavy (non-hydrogen) atoms. The van der Waals surface area contributed by atoms with E-state index >= 15 is 0 Å². The van der Waals surface area contributed by atoms with E-state index in [9.17, 15) is 24.6 Å². The molecule has 1 aromatic rings. The van der Waals surface area contributed by atoms with Gasteiger partial charge in [-0.25, -0.2) is 0 Å². The minimum Gasteiger partial charge on any atom is -0.457 e. The molecule has 0 radical (unpaired) electrons. The molecule has 2 aliphatic carbocycles. The lowest BCUT2D eigenvalue weighted by molar-refractivity contribution is -0.161. The van der Waals surface area contributed by atoms with Gasteiger partial charge in [0.1, 0.15) is 17.1 Å². The minimum absolute atomic E-state index is 0.314. The standard InChI is InChI=1S/C30H37NO6/c1-17-10-9-13-22-26(33)19(3)18(2)25-23(16-21-11-7-6-8-12-21)31-28(35)30(22,25)24(37-20(4)32)14-15-29(5,36)27(17)34/h6-9,11-15,17,22-26,33,36H,10,16H2,1-5H3,(H,31,35)/b13-9-,15-14-. The molecule has 198 valence electrons. The van der Waals surface area contributed by atoms with Crippen molar-refractivity contribution in [2.45, 2.75) is 71.3 Å². The minimum atomic E-state index is -1.82. The van der Waals surface area contributed by atoms with Gasteiger partial charge in [0.05, 0.1) is 6.10 Å². The number of carbonyl (C=O) groups is 3. The Hall–Kier alpha value is -3.03. The molecule has 3 aliphatic rings. The second kappa shape index (κ2) is 10.0. The third kappa shape index (κ3) is 4.59. The Balaban J connectivity index is 1.96. The Kier molecular flexibility index (Phi) is 7.32. The van der Waals surface area contributed by atoms with Gasteiger partial charge in [-0.1, -0.05) is 55.0 Å². The summed E-state index contributed by atoms with van der Waals surface area (Å²) in [5.41, 5.74) is -0.500. The number of nitrogens with one attached hydrogen (secondary N) is 1. The van der Waals surface area contributed by atoms with Crippen molar-refractivity contribution in [3.8, 4) is 0 Å². The van der Waals surface area contributed by atoms with Crippen LogP contribution in [0.1, 0.15) is 46.6 Å². The lowest BCUT2D eigenvalue weighted by Gasteiger charge is -2.49. The van der Waals surface area contributed by atoms with Crippen molar-refractivity contribution in [3.05, 3.63) is 71.3 Å². The van der Waals surface area contributed by atoms with Gasteiger partial charge in [-0.3, -0.25) is 14.4 Å². The fourth-order valence-electron chi connectivity index (χ4n) is 6.54. The zero-order valence-corrected chi connectivity index (χ0v) is 22.1. The summed E-state index contributed by atoms with van der Waals surface area (Å²) in [5.74, 6) is -2.92.